The van der Waals surface area contributed by atoms with Gasteiger partial charge in [-0.3, -0.25) is 0 Å². The fraction of sp³-hybridized carbons (Fsp3) is 0.138. The number of azo groups is 2. The summed E-state index contributed by atoms with van der Waals surface area (Å²) < 4.78 is 2.73. The van der Waals surface area contributed by atoms with E-state index in [0.29, 0.717) is 8.68 Å². The predicted octanol–water partition coefficient (Wildman–Crippen LogP) is 10.0. The summed E-state index contributed by atoms with van der Waals surface area (Å²) in [5.74, 6) is -5.66. The van der Waals surface area contributed by atoms with E-state index in [0.717, 1.165) is 116 Å². The van der Waals surface area contributed by atoms with E-state index < -0.39 is 111 Å². The smallest absolute Gasteiger partial charge is 0.335 e. The lowest BCUT2D eigenvalue weighted by Crippen LogP contribution is -2.15. The van der Waals surface area contributed by atoms with Crippen LogP contribution in [0.25, 0.3) is 11.9 Å². The Hall–Kier alpha value is -13.4. The molecule has 16 N–H and O–H groups in total. The Kier molecular flexibility index (Phi) is 19.5. The van der Waals surface area contributed by atoms with E-state index in [9.17, 15) is 79.2 Å². The maximum absolute atomic E-state index is 12.0. The highest BCUT2D eigenvalue weighted by molar-refractivity contribution is 8.90. The zero-order valence-corrected chi connectivity index (χ0v) is 56.3. The molecule has 0 bridgehead atoms. The molecule has 4 aromatic carbocycles. The lowest BCUT2D eigenvalue weighted by molar-refractivity contribution is 0.0676. The summed E-state index contributed by atoms with van der Waals surface area (Å²) in [7, 11) is -1.38. The highest BCUT2D eigenvalue weighted by Crippen LogP contribution is 2.52. The lowest BCUT2D eigenvalue weighted by Gasteiger charge is -2.15. The summed E-state index contributed by atoms with van der Waals surface area (Å²) in [6, 6.07) is 12.5. The van der Waals surface area contributed by atoms with Gasteiger partial charge in [0.05, 0.1) is 55.9 Å². The molecular formula is C58H50N24O16S4. The van der Waals surface area contributed by atoms with Gasteiger partial charge in [0.25, 0.3) is 22.2 Å². The second-order valence-corrected chi connectivity index (χ2v) is 30.6. The molecule has 10 aromatic rings. The molecule has 0 amide bonds. The van der Waals surface area contributed by atoms with E-state index in [2.05, 4.69) is 114 Å². The van der Waals surface area contributed by atoms with Crippen molar-refractivity contribution >= 4 is 181 Å². The van der Waals surface area contributed by atoms with Gasteiger partial charge in [0.1, 0.15) is 0 Å². The van der Waals surface area contributed by atoms with Gasteiger partial charge in [-0.05, 0) is 83.6 Å². The third kappa shape index (κ3) is 16.3. The first-order valence-electron chi connectivity index (χ1n) is 28.4. The van der Waals surface area contributed by atoms with Gasteiger partial charge >= 0.3 is 47.8 Å². The number of nitrogens with zero attached hydrogens (tertiary/aromatic N) is 18. The number of nitrogens with one attached hydrogen (secondary N) is 4. The Morgan fingerprint density at radius 1 is 0.422 bits per heavy atom. The van der Waals surface area contributed by atoms with Crippen LogP contribution in [0.3, 0.4) is 0 Å². The Labute approximate surface area is 582 Å². The standard InChI is InChI=1S/C58H50N24O16S4/c1-57(2,3)35-33(37(59)81(79-35)51-67-47(61-29-13-21(39(83)84)9-22(14-29)40(85)86)65-48(68-51)62-30-15-23(41(87)88)10-24(16-30)42(89)90)71-73-53-75-77-55(99-53)101-102(7,8)56-78-76-54(100-56)74-72-34-36(58(4,5)6)80-82(38(34)60)52-69-49(63-31-17-25(43(91)92)11-26(18-31)44(93)94)66-50(70-52)64-32-19-27(45(95)96)12-28(20-32)46(97)98/h9-20H,7-8,59-60H2,1-6H3,(H,83,84)(H,85,86)(H,87,88)(H,89,90)(H,91,92)(H,93,94)(H,95,96)(H,97,98)(H2,61,62,65,67,68)(H2,63,64,66,69,70). The van der Waals surface area contributed by atoms with Crippen LogP contribution in [0.15, 0.2) is 102 Å². The lowest BCUT2D eigenvalue weighted by atomic mass is 9.91. The molecule has 0 aliphatic heterocycles. The molecule has 0 radical (unpaired) electrons. The summed E-state index contributed by atoms with van der Waals surface area (Å²) in [4.78, 5) is 122. The molecule has 0 saturated heterocycles. The van der Waals surface area contributed by atoms with Gasteiger partial charge in [-0.15, -0.1) is 49.1 Å². The van der Waals surface area contributed by atoms with Crippen LogP contribution in [0.4, 0.5) is 79.8 Å². The van der Waals surface area contributed by atoms with Crippen molar-refractivity contribution in [2.75, 3.05) is 32.7 Å². The highest BCUT2D eigenvalue weighted by atomic mass is 33.1. The molecule has 6 aromatic heterocycles. The SMILES string of the molecule is C=S(=C)(Sc1nnc(N=Nc2c(C(C)(C)C)nn(-c3nc(Nc4cc(C(=O)O)cc(C(=O)O)c4)nc(Nc4cc(C(=O)O)cc(C(=O)O)c4)n3)c2N)s1)c1nnc(N=Nc2c(C(C)(C)C)nn(-c3nc(Nc4cc(C(=O)O)cc(C(=O)O)c4)nc(Nc4cc(C(=O)O)cc(C(=O)O)c4)n3)c2N)s1. The van der Waals surface area contributed by atoms with Crippen molar-refractivity contribution in [2.45, 2.75) is 61.1 Å². The van der Waals surface area contributed by atoms with E-state index in [-0.39, 0.29) is 103 Å². The summed E-state index contributed by atoms with van der Waals surface area (Å²) in [5, 5.41) is 133. The van der Waals surface area contributed by atoms with Crippen molar-refractivity contribution in [3.05, 3.63) is 129 Å². The van der Waals surface area contributed by atoms with Gasteiger partial charge in [-0.2, -0.15) is 49.5 Å². The molecular weight excluding hydrogens is 1420 g/mol. The number of aromatic carboxylic acids is 8. The van der Waals surface area contributed by atoms with Crippen LogP contribution in [0.2, 0.25) is 0 Å². The number of carboxylic acids is 8. The number of benzene rings is 4. The minimum Gasteiger partial charge on any atom is -0.478 e. The molecule has 0 spiro atoms. The molecule has 522 valence electrons. The summed E-state index contributed by atoms with van der Waals surface area (Å²) in [6.07, 6.45) is 0. The van der Waals surface area contributed by atoms with E-state index in [1.54, 1.807) is 41.5 Å². The van der Waals surface area contributed by atoms with Crippen molar-refractivity contribution < 1.29 is 79.2 Å². The first-order chi connectivity index (χ1) is 47.8. The van der Waals surface area contributed by atoms with Gasteiger partial charge in [0.15, 0.2) is 31.7 Å². The molecule has 0 saturated carbocycles. The number of hydrogen-bond acceptors (Lipinski definition) is 33. The summed E-state index contributed by atoms with van der Waals surface area (Å²) in [6.45, 7) is 10.7. The van der Waals surface area contributed by atoms with Crippen molar-refractivity contribution in [3.8, 4) is 11.9 Å². The van der Waals surface area contributed by atoms with Crippen LogP contribution in [-0.4, -0.2) is 170 Å². The zero-order valence-electron chi connectivity index (χ0n) is 53.0. The van der Waals surface area contributed by atoms with Gasteiger partial charge < -0.3 is 73.6 Å². The number of carboxylic acid groups (broad SMARTS) is 8. The van der Waals surface area contributed by atoms with Gasteiger partial charge in [0, 0.05) is 33.6 Å². The maximum Gasteiger partial charge on any atom is 0.335 e. The normalized spacial score (nSPS) is 11.8. The number of nitrogen functional groups attached to an aromatic ring is 2. The fourth-order valence-electron chi connectivity index (χ4n) is 8.83. The third-order valence-electron chi connectivity index (χ3n) is 13.4. The first-order valence-corrected chi connectivity index (χ1v) is 33.3. The minimum atomic E-state index is -2.48. The average molecular weight is 1470 g/mol. The molecule has 0 aliphatic carbocycles. The molecule has 40 nitrogen and oxygen atoms in total. The number of nitrogens with two attached hydrogens (primary N) is 2. The molecule has 102 heavy (non-hydrogen) atoms. The Balaban J connectivity index is 0.929. The second kappa shape index (κ2) is 27.9. The van der Waals surface area contributed by atoms with Crippen LogP contribution in [-0.2, 0) is 10.8 Å². The molecule has 0 aliphatic rings. The molecule has 0 fully saturated rings. The van der Waals surface area contributed by atoms with Gasteiger partial charge in [0.2, 0.25) is 23.8 Å². The third-order valence-corrected chi connectivity index (χ3v) is 20.1. The van der Waals surface area contributed by atoms with Crippen LogP contribution in [0.1, 0.15) is 136 Å². The number of anilines is 10. The van der Waals surface area contributed by atoms with Gasteiger partial charge in [-0.1, -0.05) is 76.0 Å². The van der Waals surface area contributed by atoms with Crippen molar-refractivity contribution in [1.82, 2.24) is 69.9 Å². The number of rotatable bonds is 25. The molecule has 6 heterocycles. The van der Waals surface area contributed by atoms with Crippen molar-refractivity contribution in [2.24, 2.45) is 20.5 Å². The molecule has 0 unspecified atom stereocenters. The molecule has 44 heteroatoms. The minimum absolute atomic E-state index is 0.00198. The largest absolute Gasteiger partial charge is 0.478 e. The quantitative estimate of drug-likeness (QED) is 0.0144. The van der Waals surface area contributed by atoms with Crippen LogP contribution in [0.5, 0.6) is 0 Å². The molecule has 0 atom stereocenters. The number of hydrogen-bond donors (Lipinski definition) is 14. The maximum atomic E-state index is 12.0. The Morgan fingerprint density at radius 3 is 0.971 bits per heavy atom. The van der Waals surface area contributed by atoms with E-state index in [1.165, 1.54) is 0 Å². The van der Waals surface area contributed by atoms with Crippen LogP contribution >= 0.6 is 41.7 Å². The van der Waals surface area contributed by atoms with E-state index in [4.69, 9.17) is 11.5 Å². The number of carbonyl (C=O) groups is 8. The molecule has 10 rings (SSSR count). The first kappa shape index (κ1) is 71.4. The van der Waals surface area contributed by atoms with Crippen LogP contribution in [0, 0.1) is 0 Å². The topological polar surface area (TPSA) is 613 Å². The van der Waals surface area contributed by atoms with E-state index >= 15 is 0 Å². The fourth-order valence-corrected chi connectivity index (χ4v) is 14.8. The Morgan fingerprint density at radius 2 is 0.696 bits per heavy atom. The summed E-state index contributed by atoms with van der Waals surface area (Å²) >= 11 is 1.96. The van der Waals surface area contributed by atoms with Gasteiger partial charge in [-0.25, -0.2) is 38.4 Å². The zero-order chi connectivity index (χ0) is 74.2. The predicted molar refractivity (Wildman–Crippen MR) is 369 cm³/mol. The Bertz CT molecular complexity index is 5050. The van der Waals surface area contributed by atoms with E-state index in [1.807, 2.05) is 0 Å². The van der Waals surface area contributed by atoms with Crippen LogP contribution < -0.4 is 32.7 Å². The van der Waals surface area contributed by atoms with Crippen molar-refractivity contribution in [3.63, 3.8) is 0 Å². The number of aromatic nitrogens is 14. The highest BCUT2D eigenvalue weighted by Gasteiger charge is 2.31. The monoisotopic (exact) mass is 1470 g/mol. The average Bonchev–Trinajstić information content (AvgIpc) is 1.62. The van der Waals surface area contributed by atoms with Crippen molar-refractivity contribution in [1.29, 1.82) is 0 Å². The second-order valence-electron chi connectivity index (χ2n) is 23.2. The summed E-state index contributed by atoms with van der Waals surface area (Å²) in [5.41, 5.74) is 8.57.